The van der Waals surface area contributed by atoms with Crippen LogP contribution in [-0.2, 0) is 7.05 Å². The van der Waals surface area contributed by atoms with Gasteiger partial charge in [0.15, 0.2) is 22.3 Å². The Morgan fingerprint density at radius 1 is 1.43 bits per heavy atom. The summed E-state index contributed by atoms with van der Waals surface area (Å²) < 4.78 is 18.0. The number of carbonyl (C=O) groups excluding carboxylic acids is 1. The average molecular weight is 336 g/mol. The Bertz CT molecular complexity index is 775. The Labute approximate surface area is 136 Å². The van der Waals surface area contributed by atoms with Crippen LogP contribution in [0.15, 0.2) is 22.2 Å². The number of primary amides is 1. The summed E-state index contributed by atoms with van der Waals surface area (Å²) in [5, 5.41) is 0.524. The number of carbonyl (C=O) groups is 1. The Morgan fingerprint density at radius 3 is 2.74 bits per heavy atom. The topological polar surface area (TPSA) is 115 Å². The number of ether oxygens (including phenoxy) is 3. The molecule has 2 heterocycles. The molecule has 8 nitrogen and oxygen atoms in total. The maximum absolute atomic E-state index is 11.4. The molecular weight excluding hydrogens is 320 g/mol. The van der Waals surface area contributed by atoms with Crippen molar-refractivity contribution >= 4 is 23.5 Å². The van der Waals surface area contributed by atoms with Gasteiger partial charge in [0.2, 0.25) is 6.79 Å². The zero-order valence-electron chi connectivity index (χ0n) is 12.7. The van der Waals surface area contributed by atoms with Crippen molar-refractivity contribution in [2.24, 2.45) is 12.8 Å². The lowest BCUT2D eigenvalue weighted by atomic mass is 10.3. The molecule has 0 radical (unpaired) electrons. The predicted octanol–water partition coefficient (Wildman–Crippen LogP) is 1.38. The molecule has 0 atom stereocenters. The highest BCUT2D eigenvalue weighted by molar-refractivity contribution is 7.99. The minimum absolute atomic E-state index is 0.0497. The van der Waals surface area contributed by atoms with E-state index in [9.17, 15) is 4.79 Å². The number of fused-ring (bicyclic) bond motifs is 1. The molecule has 3 rings (SSSR count). The number of benzene rings is 1. The normalized spacial score (nSPS) is 12.4. The molecule has 0 aliphatic carbocycles. The van der Waals surface area contributed by atoms with Crippen molar-refractivity contribution in [3.63, 3.8) is 0 Å². The summed E-state index contributed by atoms with van der Waals surface area (Å²) in [5.74, 6) is 1.46. The molecule has 4 N–H and O–H groups in total. The largest absolute Gasteiger partial charge is 0.493 e. The third-order valence-corrected chi connectivity index (χ3v) is 4.36. The number of amides is 1. The van der Waals surface area contributed by atoms with Crippen LogP contribution in [0, 0.1) is 0 Å². The van der Waals surface area contributed by atoms with E-state index in [2.05, 4.69) is 4.98 Å². The maximum atomic E-state index is 11.4. The highest BCUT2D eigenvalue weighted by Crippen LogP contribution is 2.44. The second-order valence-corrected chi connectivity index (χ2v) is 5.75. The summed E-state index contributed by atoms with van der Waals surface area (Å²) in [7, 11) is 1.71. The summed E-state index contributed by atoms with van der Waals surface area (Å²) in [5.41, 5.74) is 11.2. The molecule has 23 heavy (non-hydrogen) atoms. The van der Waals surface area contributed by atoms with Gasteiger partial charge >= 0.3 is 0 Å². The summed E-state index contributed by atoms with van der Waals surface area (Å²) in [6.07, 6.45) is 0. The van der Waals surface area contributed by atoms with Crippen molar-refractivity contribution in [2.75, 3.05) is 19.1 Å². The summed E-state index contributed by atoms with van der Waals surface area (Å²) in [6.45, 7) is 2.57. The molecule has 122 valence electrons. The molecule has 0 saturated carbocycles. The number of hydrogen-bond acceptors (Lipinski definition) is 7. The van der Waals surface area contributed by atoms with Gasteiger partial charge in [0.25, 0.3) is 5.91 Å². The molecule has 1 aliphatic heterocycles. The highest BCUT2D eigenvalue weighted by atomic mass is 32.2. The third kappa shape index (κ3) is 2.74. The molecule has 2 aromatic rings. The molecule has 1 amide bonds. The van der Waals surface area contributed by atoms with Gasteiger partial charge in [-0.15, -0.1) is 0 Å². The fourth-order valence-corrected chi connectivity index (χ4v) is 3.07. The van der Waals surface area contributed by atoms with Crippen molar-refractivity contribution in [2.45, 2.75) is 17.0 Å². The van der Waals surface area contributed by atoms with E-state index in [0.29, 0.717) is 29.0 Å². The minimum Gasteiger partial charge on any atom is -0.493 e. The van der Waals surface area contributed by atoms with Crippen molar-refractivity contribution in [3.8, 4) is 17.2 Å². The van der Waals surface area contributed by atoms with Crippen LogP contribution in [-0.4, -0.2) is 28.9 Å². The van der Waals surface area contributed by atoms with Crippen molar-refractivity contribution < 1.29 is 19.0 Å². The van der Waals surface area contributed by atoms with Crippen LogP contribution in [0.3, 0.4) is 0 Å². The van der Waals surface area contributed by atoms with Gasteiger partial charge in [-0.1, -0.05) is 0 Å². The van der Waals surface area contributed by atoms with Gasteiger partial charge < -0.3 is 30.2 Å². The molecule has 0 bridgehead atoms. The van der Waals surface area contributed by atoms with Crippen LogP contribution >= 0.6 is 11.8 Å². The first-order chi connectivity index (χ1) is 11.0. The smallest absolute Gasteiger partial charge is 0.271 e. The molecule has 1 aliphatic rings. The zero-order chi connectivity index (χ0) is 16.6. The SMILES string of the molecule is CCOc1cc2c(cc1Sc1nc(C(N)=O)c(N)n1C)OCO2. The molecule has 1 aromatic heterocycles. The Hall–Kier alpha value is -2.55. The Kier molecular flexibility index (Phi) is 3.95. The van der Waals surface area contributed by atoms with E-state index in [4.69, 9.17) is 25.7 Å². The number of aromatic nitrogens is 2. The second-order valence-electron chi connectivity index (χ2n) is 4.74. The summed E-state index contributed by atoms with van der Waals surface area (Å²) >= 11 is 1.30. The molecular formula is C14H16N4O4S. The van der Waals surface area contributed by atoms with Crippen LogP contribution in [0.5, 0.6) is 17.2 Å². The first kappa shape index (κ1) is 15.3. The highest BCUT2D eigenvalue weighted by Gasteiger charge is 2.22. The number of anilines is 1. The van der Waals surface area contributed by atoms with Crippen LogP contribution in [0.2, 0.25) is 0 Å². The number of nitrogen functional groups attached to an aromatic ring is 1. The number of nitrogens with two attached hydrogens (primary N) is 2. The van der Waals surface area contributed by atoms with Crippen molar-refractivity contribution in [1.82, 2.24) is 9.55 Å². The van der Waals surface area contributed by atoms with Gasteiger partial charge in [-0.25, -0.2) is 4.98 Å². The van der Waals surface area contributed by atoms with E-state index in [-0.39, 0.29) is 18.3 Å². The van der Waals surface area contributed by atoms with Gasteiger partial charge in [0.05, 0.1) is 11.5 Å². The monoisotopic (exact) mass is 336 g/mol. The fraction of sp³-hybridized carbons (Fsp3) is 0.286. The lowest BCUT2D eigenvalue weighted by Gasteiger charge is -2.11. The Balaban J connectivity index is 1.99. The van der Waals surface area contributed by atoms with E-state index in [1.165, 1.54) is 11.8 Å². The first-order valence-electron chi connectivity index (χ1n) is 6.87. The average Bonchev–Trinajstić information content (AvgIpc) is 3.07. The Morgan fingerprint density at radius 2 is 2.13 bits per heavy atom. The number of rotatable bonds is 5. The van der Waals surface area contributed by atoms with Crippen molar-refractivity contribution in [1.29, 1.82) is 0 Å². The number of imidazole rings is 1. The second kappa shape index (κ2) is 5.92. The van der Waals surface area contributed by atoms with Gasteiger partial charge in [0.1, 0.15) is 11.6 Å². The van der Waals surface area contributed by atoms with Crippen LogP contribution in [0.4, 0.5) is 5.82 Å². The standard InChI is InChI=1S/C14H16N4O4S/c1-3-20-9-4-7-8(22-6-21-7)5-10(9)23-14-17-11(13(16)19)12(15)18(14)2/h4-5H,3,6,15H2,1-2H3,(H2,16,19). The van der Waals surface area contributed by atoms with Crippen LogP contribution in [0.25, 0.3) is 0 Å². The quantitative estimate of drug-likeness (QED) is 0.847. The molecule has 0 saturated heterocycles. The molecule has 0 spiro atoms. The summed E-state index contributed by atoms with van der Waals surface area (Å²) in [6, 6.07) is 3.59. The van der Waals surface area contributed by atoms with Gasteiger partial charge in [-0.2, -0.15) is 0 Å². The van der Waals surface area contributed by atoms with E-state index in [1.54, 1.807) is 17.7 Å². The van der Waals surface area contributed by atoms with E-state index < -0.39 is 5.91 Å². The zero-order valence-corrected chi connectivity index (χ0v) is 13.5. The molecule has 1 aromatic carbocycles. The van der Waals surface area contributed by atoms with E-state index in [1.807, 2.05) is 13.0 Å². The minimum atomic E-state index is -0.666. The lowest BCUT2D eigenvalue weighted by Crippen LogP contribution is -2.14. The van der Waals surface area contributed by atoms with Crippen molar-refractivity contribution in [3.05, 3.63) is 17.8 Å². The fourth-order valence-electron chi connectivity index (χ4n) is 2.11. The lowest BCUT2D eigenvalue weighted by molar-refractivity contribution is 0.0996. The van der Waals surface area contributed by atoms with Crippen LogP contribution in [0.1, 0.15) is 17.4 Å². The maximum Gasteiger partial charge on any atom is 0.271 e. The van der Waals surface area contributed by atoms with Crippen LogP contribution < -0.4 is 25.7 Å². The molecule has 9 heteroatoms. The third-order valence-electron chi connectivity index (χ3n) is 3.27. The van der Waals surface area contributed by atoms with E-state index in [0.717, 1.165) is 4.90 Å². The summed E-state index contributed by atoms with van der Waals surface area (Å²) in [4.78, 5) is 16.3. The molecule has 0 unspecified atom stereocenters. The van der Waals surface area contributed by atoms with E-state index >= 15 is 0 Å². The number of hydrogen-bond donors (Lipinski definition) is 2. The molecule has 0 fully saturated rings. The van der Waals surface area contributed by atoms with Gasteiger partial charge in [-0.05, 0) is 18.7 Å². The van der Waals surface area contributed by atoms with Gasteiger partial charge in [0, 0.05) is 19.2 Å². The predicted molar refractivity (Wildman–Crippen MR) is 84.0 cm³/mol. The first-order valence-corrected chi connectivity index (χ1v) is 7.69. The number of nitrogens with zero attached hydrogens (tertiary/aromatic N) is 2. The van der Waals surface area contributed by atoms with Gasteiger partial charge in [-0.3, -0.25) is 4.79 Å².